The fourth-order valence-corrected chi connectivity index (χ4v) is 3.89. The topological polar surface area (TPSA) is 54.6 Å². The molecule has 1 aliphatic heterocycles. The fourth-order valence-electron chi connectivity index (χ4n) is 3.89. The molecule has 1 atom stereocenters. The summed E-state index contributed by atoms with van der Waals surface area (Å²) < 4.78 is 11.2. The van der Waals surface area contributed by atoms with E-state index in [1.54, 1.807) is 0 Å². The van der Waals surface area contributed by atoms with Gasteiger partial charge in [0.2, 0.25) is 5.89 Å². The van der Waals surface area contributed by atoms with E-state index in [1.807, 2.05) is 6.92 Å². The van der Waals surface area contributed by atoms with Gasteiger partial charge in [-0.2, -0.15) is 4.98 Å². The zero-order chi connectivity index (χ0) is 16.2. The summed E-state index contributed by atoms with van der Waals surface area (Å²) in [7, 11) is 2.15. The van der Waals surface area contributed by atoms with Crippen molar-refractivity contribution in [3.8, 4) is 0 Å². The summed E-state index contributed by atoms with van der Waals surface area (Å²) in [4.78, 5) is 9.34. The van der Waals surface area contributed by atoms with Crippen LogP contribution in [-0.2, 0) is 4.74 Å². The first-order chi connectivity index (χ1) is 11.2. The van der Waals surface area contributed by atoms with Crippen molar-refractivity contribution in [3.63, 3.8) is 0 Å². The highest BCUT2D eigenvalue weighted by Gasteiger charge is 2.31. The van der Waals surface area contributed by atoms with Crippen molar-refractivity contribution in [1.29, 1.82) is 0 Å². The van der Waals surface area contributed by atoms with Crippen LogP contribution >= 0.6 is 0 Å². The van der Waals surface area contributed by atoms with Crippen LogP contribution in [-0.4, -0.2) is 65.9 Å². The first-order valence-electron chi connectivity index (χ1n) is 9.00. The normalized spacial score (nSPS) is 30.7. The molecule has 0 radical (unpaired) electrons. The molecular weight excluding hydrogens is 292 g/mol. The van der Waals surface area contributed by atoms with Gasteiger partial charge < -0.3 is 9.26 Å². The third kappa shape index (κ3) is 4.31. The molecule has 23 heavy (non-hydrogen) atoms. The zero-order valence-corrected chi connectivity index (χ0v) is 14.7. The monoisotopic (exact) mass is 322 g/mol. The van der Waals surface area contributed by atoms with E-state index in [0.29, 0.717) is 6.10 Å². The predicted octanol–water partition coefficient (Wildman–Crippen LogP) is 2.26. The van der Waals surface area contributed by atoms with Crippen LogP contribution in [0.1, 0.15) is 50.4 Å². The van der Waals surface area contributed by atoms with E-state index >= 15 is 0 Å². The number of hydrogen-bond acceptors (Lipinski definition) is 6. The number of nitrogens with zero attached hydrogens (tertiary/aromatic N) is 4. The molecule has 1 saturated carbocycles. The molecular formula is C17H30N4O2. The molecule has 2 heterocycles. The molecule has 0 spiro atoms. The average molecular weight is 322 g/mol. The molecule has 1 aromatic rings. The van der Waals surface area contributed by atoms with Gasteiger partial charge in [-0.15, -0.1) is 0 Å². The highest BCUT2D eigenvalue weighted by Crippen LogP contribution is 2.29. The van der Waals surface area contributed by atoms with Crippen LogP contribution in [0.4, 0.5) is 0 Å². The van der Waals surface area contributed by atoms with E-state index in [4.69, 9.17) is 9.26 Å². The van der Waals surface area contributed by atoms with Gasteiger partial charge in [0.15, 0.2) is 5.82 Å². The molecule has 1 saturated heterocycles. The van der Waals surface area contributed by atoms with Gasteiger partial charge in [0.05, 0.1) is 6.10 Å². The second-order valence-corrected chi connectivity index (χ2v) is 7.03. The van der Waals surface area contributed by atoms with Crippen molar-refractivity contribution in [2.75, 3.05) is 39.8 Å². The summed E-state index contributed by atoms with van der Waals surface area (Å²) in [6, 6.07) is 0.227. The minimum Gasteiger partial charge on any atom is -0.379 e. The summed E-state index contributed by atoms with van der Waals surface area (Å²) in [5, 5.41) is 3.95. The van der Waals surface area contributed by atoms with Crippen LogP contribution < -0.4 is 0 Å². The van der Waals surface area contributed by atoms with Gasteiger partial charge in [-0.05, 0) is 52.5 Å². The number of ether oxygens (including phenoxy) is 1. The molecule has 6 heteroatoms. The zero-order valence-electron chi connectivity index (χ0n) is 14.7. The Hall–Kier alpha value is -0.980. The minimum absolute atomic E-state index is 0.227. The van der Waals surface area contributed by atoms with Crippen LogP contribution in [0.3, 0.4) is 0 Å². The van der Waals surface area contributed by atoms with Gasteiger partial charge in [-0.25, -0.2) is 0 Å². The number of piperazine rings is 1. The van der Waals surface area contributed by atoms with Gasteiger partial charge in [-0.3, -0.25) is 9.80 Å². The Kier molecular flexibility index (Phi) is 5.67. The van der Waals surface area contributed by atoms with Gasteiger partial charge >= 0.3 is 0 Å². The summed E-state index contributed by atoms with van der Waals surface area (Å²) in [5.74, 6) is 2.29. The SMILES string of the molecule is CCOC1CCC(CN2CCN(C)C(c3nc(C)no3)C2)CC1. The number of hydrogen-bond donors (Lipinski definition) is 0. The van der Waals surface area contributed by atoms with E-state index in [0.717, 1.165) is 43.9 Å². The number of aromatic nitrogens is 2. The Labute approximate surface area is 139 Å². The highest BCUT2D eigenvalue weighted by molar-refractivity contribution is 4.96. The van der Waals surface area contributed by atoms with Crippen LogP contribution in [0.15, 0.2) is 4.52 Å². The maximum Gasteiger partial charge on any atom is 0.245 e. The third-order valence-corrected chi connectivity index (χ3v) is 5.27. The molecule has 3 rings (SSSR count). The van der Waals surface area contributed by atoms with Crippen molar-refractivity contribution in [2.24, 2.45) is 5.92 Å². The quantitative estimate of drug-likeness (QED) is 0.829. The Morgan fingerprint density at radius 1 is 1.22 bits per heavy atom. The lowest BCUT2D eigenvalue weighted by atomic mass is 9.86. The van der Waals surface area contributed by atoms with Gasteiger partial charge in [0, 0.05) is 32.8 Å². The van der Waals surface area contributed by atoms with Crippen LogP contribution in [0.2, 0.25) is 0 Å². The molecule has 1 aliphatic carbocycles. The lowest BCUT2D eigenvalue weighted by Crippen LogP contribution is -2.48. The van der Waals surface area contributed by atoms with E-state index in [-0.39, 0.29) is 6.04 Å². The Balaban J connectivity index is 1.51. The Bertz CT molecular complexity index is 485. The van der Waals surface area contributed by atoms with E-state index in [1.165, 1.54) is 32.2 Å². The first kappa shape index (κ1) is 16.9. The minimum atomic E-state index is 0.227. The molecule has 1 aromatic heterocycles. The predicted molar refractivity (Wildman–Crippen MR) is 88.2 cm³/mol. The third-order valence-electron chi connectivity index (χ3n) is 5.27. The average Bonchev–Trinajstić information content (AvgIpc) is 2.98. The molecule has 0 N–H and O–H groups in total. The van der Waals surface area contributed by atoms with Crippen molar-refractivity contribution >= 4 is 0 Å². The Morgan fingerprint density at radius 2 is 2.00 bits per heavy atom. The van der Waals surface area contributed by atoms with E-state index in [2.05, 4.69) is 33.9 Å². The first-order valence-corrected chi connectivity index (χ1v) is 9.00. The smallest absolute Gasteiger partial charge is 0.245 e. The maximum absolute atomic E-state index is 5.76. The standard InChI is InChI=1S/C17H30N4O2/c1-4-22-15-7-5-14(6-8-15)11-21-10-9-20(3)16(12-21)17-18-13(2)19-23-17/h14-16H,4-12H2,1-3H3. The van der Waals surface area contributed by atoms with Crippen LogP contribution in [0.25, 0.3) is 0 Å². The number of aryl methyl sites for hydroxylation is 1. The van der Waals surface area contributed by atoms with Gasteiger partial charge in [0.1, 0.15) is 6.04 Å². The molecule has 0 aromatic carbocycles. The van der Waals surface area contributed by atoms with Crippen molar-refractivity contribution in [1.82, 2.24) is 19.9 Å². The fraction of sp³-hybridized carbons (Fsp3) is 0.882. The summed E-state index contributed by atoms with van der Waals surface area (Å²) >= 11 is 0. The van der Waals surface area contributed by atoms with E-state index in [9.17, 15) is 0 Å². The molecule has 2 fully saturated rings. The Morgan fingerprint density at radius 3 is 2.65 bits per heavy atom. The molecule has 0 amide bonds. The molecule has 2 aliphatic rings. The largest absolute Gasteiger partial charge is 0.379 e. The van der Waals surface area contributed by atoms with Crippen molar-refractivity contribution < 1.29 is 9.26 Å². The summed E-state index contributed by atoms with van der Waals surface area (Å²) in [6.45, 7) is 9.19. The summed E-state index contributed by atoms with van der Waals surface area (Å²) in [5.41, 5.74) is 0. The molecule has 130 valence electrons. The maximum atomic E-state index is 5.76. The lowest BCUT2D eigenvalue weighted by molar-refractivity contribution is 0.0133. The second-order valence-electron chi connectivity index (χ2n) is 7.03. The van der Waals surface area contributed by atoms with Gasteiger partial charge in [0.25, 0.3) is 0 Å². The van der Waals surface area contributed by atoms with Gasteiger partial charge in [-0.1, -0.05) is 5.16 Å². The summed E-state index contributed by atoms with van der Waals surface area (Å²) in [6.07, 6.45) is 5.53. The molecule has 6 nitrogen and oxygen atoms in total. The highest BCUT2D eigenvalue weighted by atomic mass is 16.5. The second kappa shape index (κ2) is 7.73. The molecule has 0 bridgehead atoms. The van der Waals surface area contributed by atoms with Crippen molar-refractivity contribution in [2.45, 2.75) is 51.7 Å². The van der Waals surface area contributed by atoms with Crippen LogP contribution in [0.5, 0.6) is 0 Å². The van der Waals surface area contributed by atoms with E-state index < -0.39 is 0 Å². The van der Waals surface area contributed by atoms with Crippen LogP contribution in [0, 0.1) is 12.8 Å². The number of rotatable bonds is 5. The van der Waals surface area contributed by atoms with Crippen molar-refractivity contribution in [3.05, 3.63) is 11.7 Å². The number of likely N-dealkylation sites (N-methyl/N-ethyl adjacent to an activating group) is 1. The molecule has 1 unspecified atom stereocenters. The lowest BCUT2D eigenvalue weighted by Gasteiger charge is -2.40.